The Bertz CT molecular complexity index is 881. The van der Waals surface area contributed by atoms with E-state index in [0.717, 1.165) is 33.9 Å². The maximum atomic E-state index is 12.5. The minimum Gasteiger partial charge on any atom is -0.351 e. The molecule has 0 aliphatic carbocycles. The number of aromatic nitrogens is 1. The van der Waals surface area contributed by atoms with Gasteiger partial charge >= 0.3 is 0 Å². The molecule has 1 aromatic heterocycles. The van der Waals surface area contributed by atoms with Crippen LogP contribution in [0.1, 0.15) is 15.9 Å². The van der Waals surface area contributed by atoms with Crippen molar-refractivity contribution in [1.82, 2.24) is 15.2 Å². The molecule has 6 heteroatoms. The molecule has 3 aromatic rings. The number of carbonyl (C=O) groups is 1. The van der Waals surface area contributed by atoms with Gasteiger partial charge in [0.2, 0.25) is 0 Å². The first kappa shape index (κ1) is 21.2. The highest BCUT2D eigenvalue weighted by molar-refractivity contribution is 6.07. The first-order valence-electron chi connectivity index (χ1n) is 7.78. The smallest absolute Gasteiger partial charge is 0.253 e. The summed E-state index contributed by atoms with van der Waals surface area (Å²) >= 11 is 0. The lowest BCUT2D eigenvalue weighted by Crippen LogP contribution is -2.31. The van der Waals surface area contributed by atoms with E-state index in [2.05, 4.69) is 17.4 Å². The summed E-state index contributed by atoms with van der Waals surface area (Å²) in [5.74, 6) is -0.0714. The van der Waals surface area contributed by atoms with Crippen molar-refractivity contribution in [2.75, 3.05) is 27.2 Å². The molecule has 0 radical (unpaired) electrons. The number of amides is 1. The zero-order valence-electron chi connectivity index (χ0n) is 14.6. The molecular weight excluding hydrogens is 357 g/mol. The largest absolute Gasteiger partial charge is 0.351 e. The average Bonchev–Trinajstić information content (AvgIpc) is 2.52. The maximum absolute atomic E-state index is 12.5. The molecule has 134 valence electrons. The van der Waals surface area contributed by atoms with Crippen LogP contribution in [0, 0.1) is 6.92 Å². The number of hydrogen-bond donors (Lipinski definition) is 1. The standard InChI is InChI=1S/C19H21N3O.2ClH/c1-13-6-4-7-14-12-15-8-5-9-16(18(15)21-17(13)14)19(23)20-10-11-22(2)3;;/h4-9,12H,10-11H2,1-3H3,(H,20,23);2*1H. The molecular formula is C19H23Cl2N3O. The zero-order valence-corrected chi connectivity index (χ0v) is 16.2. The molecule has 0 unspecified atom stereocenters. The van der Waals surface area contributed by atoms with E-state index in [-0.39, 0.29) is 30.7 Å². The van der Waals surface area contributed by atoms with E-state index in [1.54, 1.807) is 0 Å². The first-order valence-corrected chi connectivity index (χ1v) is 7.78. The van der Waals surface area contributed by atoms with Gasteiger partial charge in [0.05, 0.1) is 16.6 Å². The van der Waals surface area contributed by atoms with Crippen LogP contribution in [-0.4, -0.2) is 43.0 Å². The molecule has 25 heavy (non-hydrogen) atoms. The second-order valence-corrected chi connectivity index (χ2v) is 6.07. The Morgan fingerprint density at radius 3 is 2.36 bits per heavy atom. The van der Waals surface area contributed by atoms with Gasteiger partial charge in [-0.2, -0.15) is 0 Å². The van der Waals surface area contributed by atoms with Crippen LogP contribution in [-0.2, 0) is 0 Å². The number of hydrogen-bond acceptors (Lipinski definition) is 3. The van der Waals surface area contributed by atoms with Gasteiger partial charge in [-0.15, -0.1) is 24.8 Å². The molecule has 0 atom stereocenters. The summed E-state index contributed by atoms with van der Waals surface area (Å²) in [5, 5.41) is 5.05. The summed E-state index contributed by atoms with van der Waals surface area (Å²) in [7, 11) is 3.97. The molecule has 1 N–H and O–H groups in total. The number of carbonyl (C=O) groups excluding carboxylic acids is 1. The van der Waals surface area contributed by atoms with Crippen LogP contribution < -0.4 is 5.32 Å². The Morgan fingerprint density at radius 1 is 1.04 bits per heavy atom. The lowest BCUT2D eigenvalue weighted by Gasteiger charge is -2.12. The second kappa shape index (κ2) is 8.99. The summed E-state index contributed by atoms with van der Waals surface area (Å²) in [6.07, 6.45) is 0. The van der Waals surface area contributed by atoms with Crippen molar-refractivity contribution in [1.29, 1.82) is 0 Å². The van der Waals surface area contributed by atoms with Crippen molar-refractivity contribution in [3.8, 4) is 0 Å². The number of pyridine rings is 1. The molecule has 4 nitrogen and oxygen atoms in total. The number of aryl methyl sites for hydroxylation is 1. The van der Waals surface area contributed by atoms with Crippen molar-refractivity contribution in [3.05, 3.63) is 53.6 Å². The van der Waals surface area contributed by atoms with Crippen LogP contribution in [0.3, 0.4) is 0 Å². The zero-order chi connectivity index (χ0) is 16.4. The average molecular weight is 380 g/mol. The number of halogens is 2. The van der Waals surface area contributed by atoms with E-state index in [4.69, 9.17) is 4.98 Å². The SMILES string of the molecule is Cc1cccc2cc3cccc(C(=O)NCCN(C)C)c3nc12.Cl.Cl. The molecule has 0 spiro atoms. The van der Waals surface area contributed by atoms with Crippen molar-refractivity contribution in [3.63, 3.8) is 0 Å². The van der Waals surface area contributed by atoms with Gasteiger partial charge in [-0.05, 0) is 38.7 Å². The fourth-order valence-electron chi connectivity index (χ4n) is 2.70. The van der Waals surface area contributed by atoms with E-state index in [0.29, 0.717) is 12.1 Å². The predicted molar refractivity (Wildman–Crippen MR) is 109 cm³/mol. The van der Waals surface area contributed by atoms with Crippen LogP contribution in [0.25, 0.3) is 21.8 Å². The number of fused-ring (bicyclic) bond motifs is 2. The Balaban J connectivity index is 0.00000156. The summed E-state index contributed by atoms with van der Waals surface area (Å²) in [6.45, 7) is 3.47. The van der Waals surface area contributed by atoms with Gasteiger partial charge in [-0.3, -0.25) is 4.79 Å². The first-order chi connectivity index (χ1) is 11.1. The molecule has 1 amide bonds. The van der Waals surface area contributed by atoms with Gasteiger partial charge in [-0.25, -0.2) is 4.98 Å². The summed E-state index contributed by atoms with van der Waals surface area (Å²) < 4.78 is 0. The number of likely N-dealkylation sites (N-methyl/N-ethyl adjacent to an activating group) is 1. The molecule has 0 saturated heterocycles. The Kier molecular flexibility index (Phi) is 7.61. The number of para-hydroxylation sites is 2. The van der Waals surface area contributed by atoms with Crippen LogP contribution in [0.5, 0.6) is 0 Å². The summed E-state index contributed by atoms with van der Waals surface area (Å²) in [5.41, 5.74) is 3.46. The molecule has 0 aliphatic heterocycles. The minimum atomic E-state index is -0.0714. The Hall–Kier alpha value is -1.88. The third-order valence-corrected chi connectivity index (χ3v) is 3.96. The van der Waals surface area contributed by atoms with Crippen LogP contribution >= 0.6 is 24.8 Å². The maximum Gasteiger partial charge on any atom is 0.253 e. The van der Waals surface area contributed by atoms with Crippen molar-refractivity contribution in [2.45, 2.75) is 6.92 Å². The molecule has 0 bridgehead atoms. The lowest BCUT2D eigenvalue weighted by molar-refractivity contribution is 0.0952. The highest BCUT2D eigenvalue weighted by atomic mass is 35.5. The number of nitrogens with zero attached hydrogens (tertiary/aromatic N) is 2. The number of nitrogens with one attached hydrogen (secondary N) is 1. The van der Waals surface area contributed by atoms with Crippen molar-refractivity contribution in [2.24, 2.45) is 0 Å². The van der Waals surface area contributed by atoms with E-state index < -0.39 is 0 Å². The van der Waals surface area contributed by atoms with Gasteiger partial charge in [0.15, 0.2) is 0 Å². The highest BCUT2D eigenvalue weighted by Crippen LogP contribution is 2.24. The molecule has 0 fully saturated rings. The summed E-state index contributed by atoms with van der Waals surface area (Å²) in [4.78, 5) is 19.3. The van der Waals surface area contributed by atoms with E-state index >= 15 is 0 Å². The quantitative estimate of drug-likeness (QED) is 0.700. The Morgan fingerprint density at radius 2 is 1.68 bits per heavy atom. The van der Waals surface area contributed by atoms with Crippen molar-refractivity contribution < 1.29 is 4.79 Å². The second-order valence-electron chi connectivity index (χ2n) is 6.07. The highest BCUT2D eigenvalue weighted by Gasteiger charge is 2.12. The molecule has 1 heterocycles. The van der Waals surface area contributed by atoms with Gasteiger partial charge in [-0.1, -0.05) is 30.3 Å². The monoisotopic (exact) mass is 379 g/mol. The normalized spacial score (nSPS) is 10.4. The van der Waals surface area contributed by atoms with E-state index in [1.165, 1.54) is 0 Å². The van der Waals surface area contributed by atoms with Crippen LogP contribution in [0.4, 0.5) is 0 Å². The van der Waals surface area contributed by atoms with Gasteiger partial charge in [0.25, 0.3) is 5.91 Å². The molecule has 0 saturated carbocycles. The van der Waals surface area contributed by atoms with Crippen molar-refractivity contribution >= 4 is 52.5 Å². The van der Waals surface area contributed by atoms with Gasteiger partial charge < -0.3 is 10.2 Å². The summed E-state index contributed by atoms with van der Waals surface area (Å²) in [6, 6.07) is 14.0. The third-order valence-electron chi connectivity index (χ3n) is 3.96. The topological polar surface area (TPSA) is 45.2 Å². The van der Waals surface area contributed by atoms with Crippen LogP contribution in [0.15, 0.2) is 42.5 Å². The molecule has 2 aromatic carbocycles. The van der Waals surface area contributed by atoms with Gasteiger partial charge in [0, 0.05) is 23.9 Å². The third kappa shape index (κ3) is 4.60. The number of benzene rings is 2. The fraction of sp³-hybridized carbons (Fsp3) is 0.263. The fourth-order valence-corrected chi connectivity index (χ4v) is 2.70. The van der Waals surface area contributed by atoms with E-state index in [1.807, 2.05) is 56.3 Å². The minimum absolute atomic E-state index is 0. The lowest BCUT2D eigenvalue weighted by atomic mass is 10.0. The number of rotatable bonds is 4. The van der Waals surface area contributed by atoms with Gasteiger partial charge in [0.1, 0.15) is 0 Å². The predicted octanol–water partition coefficient (Wildman–Crippen LogP) is 3.83. The van der Waals surface area contributed by atoms with Crippen LogP contribution in [0.2, 0.25) is 0 Å². The molecule has 0 aliphatic rings. The van der Waals surface area contributed by atoms with E-state index in [9.17, 15) is 4.79 Å². The molecule has 3 rings (SSSR count). The Labute approximate surface area is 160 Å².